The lowest BCUT2D eigenvalue weighted by molar-refractivity contribution is 0.0697. The van der Waals surface area contributed by atoms with Gasteiger partial charge in [0.25, 0.3) is 0 Å². The van der Waals surface area contributed by atoms with E-state index in [9.17, 15) is 4.79 Å². The van der Waals surface area contributed by atoms with Crippen molar-refractivity contribution in [2.24, 2.45) is 0 Å². The molecule has 2 rings (SSSR count). The highest BCUT2D eigenvalue weighted by Gasteiger charge is 2.01. The third-order valence-electron chi connectivity index (χ3n) is 2.42. The summed E-state index contributed by atoms with van der Waals surface area (Å²) < 4.78 is 5.40. The SMILES string of the molecule is O=C(O)c1ccc(OCC#Cc2ccccc2)cc1. The van der Waals surface area contributed by atoms with Crippen LogP contribution in [0.4, 0.5) is 0 Å². The molecule has 0 saturated heterocycles. The van der Waals surface area contributed by atoms with Gasteiger partial charge in [-0.1, -0.05) is 30.0 Å². The zero-order valence-corrected chi connectivity index (χ0v) is 10.2. The van der Waals surface area contributed by atoms with Crippen LogP contribution < -0.4 is 4.74 Å². The van der Waals surface area contributed by atoms with Crippen LogP contribution >= 0.6 is 0 Å². The normalized spacial score (nSPS) is 9.26. The van der Waals surface area contributed by atoms with Crippen molar-refractivity contribution in [2.75, 3.05) is 6.61 Å². The molecule has 0 fully saturated rings. The predicted octanol–water partition coefficient (Wildman–Crippen LogP) is 2.82. The maximum absolute atomic E-state index is 10.7. The fourth-order valence-electron chi connectivity index (χ4n) is 1.47. The zero-order valence-electron chi connectivity index (χ0n) is 10.2. The topological polar surface area (TPSA) is 46.5 Å². The van der Waals surface area contributed by atoms with Gasteiger partial charge in [-0.3, -0.25) is 0 Å². The number of ether oxygens (including phenoxy) is 1. The van der Waals surface area contributed by atoms with Crippen LogP contribution in [-0.4, -0.2) is 17.7 Å². The minimum Gasteiger partial charge on any atom is -0.481 e. The summed E-state index contributed by atoms with van der Waals surface area (Å²) in [4.78, 5) is 10.7. The first-order chi connectivity index (χ1) is 9.25. The van der Waals surface area contributed by atoms with Crippen molar-refractivity contribution < 1.29 is 14.6 Å². The molecule has 2 aromatic rings. The Morgan fingerprint density at radius 1 is 1.05 bits per heavy atom. The summed E-state index contributed by atoms with van der Waals surface area (Å²) in [6, 6.07) is 15.9. The summed E-state index contributed by atoms with van der Waals surface area (Å²) in [5.41, 5.74) is 1.18. The molecule has 0 unspecified atom stereocenters. The quantitative estimate of drug-likeness (QED) is 0.854. The van der Waals surface area contributed by atoms with E-state index < -0.39 is 5.97 Å². The van der Waals surface area contributed by atoms with Gasteiger partial charge in [-0.2, -0.15) is 0 Å². The molecule has 0 saturated carbocycles. The molecule has 1 N–H and O–H groups in total. The second-order valence-electron chi connectivity index (χ2n) is 3.79. The molecular formula is C16H12O3. The molecule has 0 aliphatic heterocycles. The average molecular weight is 252 g/mol. The number of carbonyl (C=O) groups is 1. The summed E-state index contributed by atoms with van der Waals surface area (Å²) in [7, 11) is 0. The van der Waals surface area contributed by atoms with Crippen LogP contribution in [0.5, 0.6) is 5.75 Å². The Bertz CT molecular complexity index is 604. The summed E-state index contributed by atoms with van der Waals surface area (Å²) >= 11 is 0. The zero-order chi connectivity index (χ0) is 13.5. The van der Waals surface area contributed by atoms with E-state index in [1.54, 1.807) is 12.1 Å². The van der Waals surface area contributed by atoms with E-state index in [0.717, 1.165) is 5.56 Å². The molecule has 0 radical (unpaired) electrons. The molecule has 0 heterocycles. The standard InChI is InChI=1S/C16H12O3/c17-16(18)14-8-10-15(11-9-14)19-12-4-7-13-5-2-1-3-6-13/h1-3,5-6,8-11H,12H2,(H,17,18). The molecule has 94 valence electrons. The predicted molar refractivity (Wildman–Crippen MR) is 72.2 cm³/mol. The first kappa shape index (κ1) is 12.7. The molecule has 0 bridgehead atoms. The van der Waals surface area contributed by atoms with Gasteiger partial charge in [0, 0.05) is 5.56 Å². The van der Waals surface area contributed by atoms with Gasteiger partial charge in [0.05, 0.1) is 5.56 Å². The van der Waals surface area contributed by atoms with Crippen LogP contribution in [0.25, 0.3) is 0 Å². The summed E-state index contributed by atoms with van der Waals surface area (Å²) in [5.74, 6) is 5.53. The Morgan fingerprint density at radius 2 is 1.74 bits per heavy atom. The van der Waals surface area contributed by atoms with Gasteiger partial charge in [-0.15, -0.1) is 0 Å². The van der Waals surface area contributed by atoms with E-state index in [2.05, 4.69) is 11.8 Å². The van der Waals surface area contributed by atoms with E-state index in [1.165, 1.54) is 12.1 Å². The minimum atomic E-state index is -0.949. The van der Waals surface area contributed by atoms with Gasteiger partial charge in [0.15, 0.2) is 0 Å². The number of aromatic carboxylic acids is 1. The maximum Gasteiger partial charge on any atom is 0.335 e. The molecule has 0 atom stereocenters. The van der Waals surface area contributed by atoms with Gasteiger partial charge < -0.3 is 9.84 Å². The Kier molecular flexibility index (Phi) is 4.20. The monoisotopic (exact) mass is 252 g/mol. The van der Waals surface area contributed by atoms with E-state index >= 15 is 0 Å². The van der Waals surface area contributed by atoms with Crippen LogP contribution in [0.15, 0.2) is 54.6 Å². The van der Waals surface area contributed by atoms with Crippen LogP contribution in [-0.2, 0) is 0 Å². The molecule has 3 nitrogen and oxygen atoms in total. The van der Waals surface area contributed by atoms with E-state index in [-0.39, 0.29) is 12.2 Å². The lowest BCUT2D eigenvalue weighted by Gasteiger charge is -2.01. The average Bonchev–Trinajstić information content (AvgIpc) is 2.45. The van der Waals surface area contributed by atoms with Crippen LogP contribution in [0.1, 0.15) is 15.9 Å². The van der Waals surface area contributed by atoms with Gasteiger partial charge >= 0.3 is 5.97 Å². The van der Waals surface area contributed by atoms with Crippen molar-refractivity contribution in [3.05, 3.63) is 65.7 Å². The first-order valence-corrected chi connectivity index (χ1v) is 5.76. The van der Waals surface area contributed by atoms with Crippen LogP contribution in [0.3, 0.4) is 0 Å². The Labute approximate surface area is 111 Å². The number of rotatable bonds is 3. The molecule has 0 spiro atoms. The van der Waals surface area contributed by atoms with Crippen molar-refractivity contribution in [3.63, 3.8) is 0 Å². The van der Waals surface area contributed by atoms with Gasteiger partial charge in [-0.05, 0) is 36.4 Å². The largest absolute Gasteiger partial charge is 0.481 e. The fraction of sp³-hybridized carbons (Fsp3) is 0.0625. The molecule has 3 heteroatoms. The molecule has 2 aromatic carbocycles. The van der Waals surface area contributed by atoms with Gasteiger partial charge in [0.2, 0.25) is 0 Å². The van der Waals surface area contributed by atoms with E-state index in [4.69, 9.17) is 9.84 Å². The number of hydrogen-bond acceptors (Lipinski definition) is 2. The second-order valence-corrected chi connectivity index (χ2v) is 3.79. The van der Waals surface area contributed by atoms with Crippen LogP contribution in [0.2, 0.25) is 0 Å². The van der Waals surface area contributed by atoms with Crippen molar-refractivity contribution in [1.29, 1.82) is 0 Å². The molecule has 0 amide bonds. The van der Waals surface area contributed by atoms with Crippen molar-refractivity contribution in [1.82, 2.24) is 0 Å². The van der Waals surface area contributed by atoms with E-state index in [0.29, 0.717) is 5.75 Å². The fourth-order valence-corrected chi connectivity index (χ4v) is 1.47. The van der Waals surface area contributed by atoms with Gasteiger partial charge in [-0.25, -0.2) is 4.79 Å². The van der Waals surface area contributed by atoms with Crippen molar-refractivity contribution in [3.8, 4) is 17.6 Å². The van der Waals surface area contributed by atoms with Crippen molar-refractivity contribution >= 4 is 5.97 Å². The highest BCUT2D eigenvalue weighted by atomic mass is 16.5. The minimum absolute atomic E-state index is 0.239. The third kappa shape index (κ3) is 3.90. The third-order valence-corrected chi connectivity index (χ3v) is 2.42. The number of benzene rings is 2. The Balaban J connectivity index is 1.89. The number of carboxylic acids is 1. The molecule has 19 heavy (non-hydrogen) atoms. The molecule has 0 aliphatic carbocycles. The lowest BCUT2D eigenvalue weighted by atomic mass is 10.2. The number of carboxylic acid groups (broad SMARTS) is 1. The molecular weight excluding hydrogens is 240 g/mol. The van der Waals surface area contributed by atoms with Crippen LogP contribution in [0, 0.1) is 11.8 Å². The van der Waals surface area contributed by atoms with Crippen molar-refractivity contribution in [2.45, 2.75) is 0 Å². The first-order valence-electron chi connectivity index (χ1n) is 5.76. The maximum atomic E-state index is 10.7. The molecule has 0 aromatic heterocycles. The Hall–Kier alpha value is -2.73. The smallest absolute Gasteiger partial charge is 0.335 e. The summed E-state index contributed by atoms with van der Waals surface area (Å²) in [6.45, 7) is 0.265. The van der Waals surface area contributed by atoms with Gasteiger partial charge in [0.1, 0.15) is 12.4 Å². The molecule has 0 aliphatic rings. The lowest BCUT2D eigenvalue weighted by Crippen LogP contribution is -1.97. The number of hydrogen-bond donors (Lipinski definition) is 1. The highest BCUT2D eigenvalue weighted by molar-refractivity contribution is 5.87. The highest BCUT2D eigenvalue weighted by Crippen LogP contribution is 2.11. The van der Waals surface area contributed by atoms with E-state index in [1.807, 2.05) is 30.3 Å². The second kappa shape index (κ2) is 6.27. The summed E-state index contributed by atoms with van der Waals surface area (Å²) in [6.07, 6.45) is 0. The summed E-state index contributed by atoms with van der Waals surface area (Å²) in [5, 5.41) is 8.75. The Morgan fingerprint density at radius 3 is 2.37 bits per heavy atom.